The van der Waals surface area contributed by atoms with Gasteiger partial charge in [0.15, 0.2) is 0 Å². The first kappa shape index (κ1) is 14.8. The van der Waals surface area contributed by atoms with Crippen molar-refractivity contribution in [3.05, 3.63) is 16.4 Å². The second-order valence-corrected chi connectivity index (χ2v) is 5.87. The van der Waals surface area contributed by atoms with Crippen LogP contribution in [0.3, 0.4) is 0 Å². The molecule has 1 aromatic heterocycles. The van der Waals surface area contributed by atoms with Crippen molar-refractivity contribution in [1.82, 2.24) is 14.7 Å². The lowest BCUT2D eigenvalue weighted by molar-refractivity contribution is 0.0278. The molecular weight excluding hydrogens is 262 g/mol. The van der Waals surface area contributed by atoms with Crippen molar-refractivity contribution in [2.24, 2.45) is 0 Å². The molecule has 1 heterocycles. The fraction of sp³-hybridized carbons (Fsp3) is 0.786. The Hall–Kier alpha value is -0.580. The number of hydrogen-bond acceptors (Lipinski definition) is 3. The fourth-order valence-corrected chi connectivity index (χ4v) is 3.17. The van der Waals surface area contributed by atoms with Gasteiger partial charge in [-0.2, -0.15) is 5.10 Å². The van der Waals surface area contributed by atoms with Crippen molar-refractivity contribution in [2.45, 2.75) is 64.8 Å². The van der Waals surface area contributed by atoms with Gasteiger partial charge in [0.25, 0.3) is 0 Å². The third kappa shape index (κ3) is 3.12. The smallest absolute Gasteiger partial charge is 0.0860 e. The molecule has 0 bridgehead atoms. The first-order valence-electron chi connectivity index (χ1n) is 7.14. The minimum Gasteiger partial charge on any atom is -0.391 e. The Balaban J connectivity index is 2.11. The van der Waals surface area contributed by atoms with E-state index in [0.29, 0.717) is 0 Å². The summed E-state index contributed by atoms with van der Waals surface area (Å²) in [6.07, 6.45) is 4.10. The van der Waals surface area contributed by atoms with Crippen molar-refractivity contribution < 1.29 is 5.11 Å². The molecule has 4 nitrogen and oxygen atoms in total. The van der Waals surface area contributed by atoms with Crippen LogP contribution >= 0.6 is 11.6 Å². The van der Waals surface area contributed by atoms with Crippen LogP contribution in [0, 0.1) is 6.92 Å². The first-order valence-corrected chi connectivity index (χ1v) is 7.52. The number of hydrogen-bond donors (Lipinski definition) is 1. The molecule has 1 saturated carbocycles. The second kappa shape index (κ2) is 6.25. The molecule has 0 amide bonds. The molecule has 0 aliphatic heterocycles. The topological polar surface area (TPSA) is 41.3 Å². The molecule has 0 radical (unpaired) electrons. The predicted octanol–water partition coefficient (Wildman–Crippen LogP) is 2.60. The lowest BCUT2D eigenvalue weighted by Gasteiger charge is -2.35. The van der Waals surface area contributed by atoms with Gasteiger partial charge in [-0.1, -0.05) is 24.4 Å². The summed E-state index contributed by atoms with van der Waals surface area (Å²) in [5, 5.41) is 15.3. The van der Waals surface area contributed by atoms with E-state index in [9.17, 15) is 5.11 Å². The highest BCUT2D eigenvalue weighted by molar-refractivity contribution is 6.31. The lowest BCUT2D eigenvalue weighted by Crippen LogP contribution is -2.43. The molecule has 0 spiro atoms. The molecule has 2 rings (SSSR count). The van der Waals surface area contributed by atoms with Gasteiger partial charge in [-0.25, -0.2) is 0 Å². The Bertz CT molecular complexity index is 433. The lowest BCUT2D eigenvalue weighted by atomic mass is 9.91. The average Bonchev–Trinajstić information content (AvgIpc) is 2.67. The molecule has 1 aromatic rings. The number of aliphatic hydroxyl groups is 1. The molecule has 0 saturated heterocycles. The number of aliphatic hydroxyl groups excluding tert-OH is 1. The molecule has 2 atom stereocenters. The van der Waals surface area contributed by atoms with E-state index in [1.807, 2.05) is 11.6 Å². The zero-order chi connectivity index (χ0) is 14.0. The molecule has 1 aliphatic carbocycles. The normalized spacial score (nSPS) is 24.1. The number of aryl methyl sites for hydroxylation is 2. The maximum Gasteiger partial charge on any atom is 0.0860 e. The van der Waals surface area contributed by atoms with Crippen LogP contribution in [-0.2, 0) is 13.1 Å². The van der Waals surface area contributed by atoms with Crippen LogP contribution in [0.5, 0.6) is 0 Å². The molecule has 19 heavy (non-hydrogen) atoms. The zero-order valence-corrected chi connectivity index (χ0v) is 12.8. The number of aromatic nitrogens is 2. The van der Waals surface area contributed by atoms with Gasteiger partial charge in [0.05, 0.1) is 22.5 Å². The van der Waals surface area contributed by atoms with Crippen LogP contribution in [0.2, 0.25) is 5.02 Å². The van der Waals surface area contributed by atoms with Gasteiger partial charge in [-0.3, -0.25) is 9.58 Å². The van der Waals surface area contributed by atoms with Gasteiger partial charge < -0.3 is 5.11 Å². The minimum atomic E-state index is -0.211. The number of halogens is 1. The molecule has 1 fully saturated rings. The molecule has 2 unspecified atom stereocenters. The quantitative estimate of drug-likeness (QED) is 0.924. The summed E-state index contributed by atoms with van der Waals surface area (Å²) in [5.74, 6) is 0. The van der Waals surface area contributed by atoms with Crippen molar-refractivity contribution in [1.29, 1.82) is 0 Å². The SMILES string of the molecule is CCn1nc(C)c(Cl)c1CN(C)C1CCCCC1O. The number of nitrogens with zero attached hydrogens (tertiary/aromatic N) is 3. The molecular formula is C14H24ClN3O. The van der Waals surface area contributed by atoms with Crippen LogP contribution in [0.25, 0.3) is 0 Å². The van der Waals surface area contributed by atoms with Gasteiger partial charge in [0, 0.05) is 19.1 Å². The monoisotopic (exact) mass is 285 g/mol. The highest BCUT2D eigenvalue weighted by Gasteiger charge is 2.27. The Morgan fingerprint density at radius 1 is 1.42 bits per heavy atom. The van der Waals surface area contributed by atoms with Gasteiger partial charge in [-0.15, -0.1) is 0 Å². The summed E-state index contributed by atoms with van der Waals surface area (Å²) in [6, 6.07) is 0.241. The minimum absolute atomic E-state index is 0.211. The Kier molecular flexibility index (Phi) is 4.87. The fourth-order valence-electron chi connectivity index (χ4n) is 2.98. The third-order valence-electron chi connectivity index (χ3n) is 4.11. The van der Waals surface area contributed by atoms with E-state index in [0.717, 1.165) is 48.8 Å². The Morgan fingerprint density at radius 3 is 2.74 bits per heavy atom. The van der Waals surface area contributed by atoms with Crippen LogP contribution in [0.15, 0.2) is 0 Å². The van der Waals surface area contributed by atoms with Crippen molar-refractivity contribution in [3.8, 4) is 0 Å². The van der Waals surface area contributed by atoms with E-state index in [-0.39, 0.29) is 12.1 Å². The summed E-state index contributed by atoms with van der Waals surface area (Å²) in [6.45, 7) is 5.58. The molecule has 108 valence electrons. The Labute approximate surface area is 120 Å². The summed E-state index contributed by atoms with van der Waals surface area (Å²) in [5.41, 5.74) is 1.94. The summed E-state index contributed by atoms with van der Waals surface area (Å²) in [4.78, 5) is 2.22. The van der Waals surface area contributed by atoms with E-state index in [4.69, 9.17) is 11.6 Å². The number of rotatable bonds is 4. The van der Waals surface area contributed by atoms with Gasteiger partial charge in [0.1, 0.15) is 0 Å². The van der Waals surface area contributed by atoms with Crippen LogP contribution in [0.1, 0.15) is 44.0 Å². The average molecular weight is 286 g/mol. The van der Waals surface area contributed by atoms with E-state index in [1.165, 1.54) is 6.42 Å². The molecule has 5 heteroatoms. The molecule has 0 aromatic carbocycles. The predicted molar refractivity (Wildman–Crippen MR) is 77.4 cm³/mol. The van der Waals surface area contributed by atoms with E-state index >= 15 is 0 Å². The van der Waals surface area contributed by atoms with Crippen LogP contribution < -0.4 is 0 Å². The van der Waals surface area contributed by atoms with Gasteiger partial charge in [0.2, 0.25) is 0 Å². The molecule has 1 N–H and O–H groups in total. The largest absolute Gasteiger partial charge is 0.391 e. The van der Waals surface area contributed by atoms with Crippen LogP contribution in [0.4, 0.5) is 0 Å². The van der Waals surface area contributed by atoms with Crippen molar-refractivity contribution in [2.75, 3.05) is 7.05 Å². The van der Waals surface area contributed by atoms with E-state index in [1.54, 1.807) is 0 Å². The highest BCUT2D eigenvalue weighted by Crippen LogP contribution is 2.26. The maximum atomic E-state index is 10.1. The molecule has 1 aliphatic rings. The van der Waals surface area contributed by atoms with Gasteiger partial charge >= 0.3 is 0 Å². The van der Waals surface area contributed by atoms with E-state index < -0.39 is 0 Å². The van der Waals surface area contributed by atoms with E-state index in [2.05, 4.69) is 24.0 Å². The van der Waals surface area contributed by atoms with Crippen molar-refractivity contribution in [3.63, 3.8) is 0 Å². The third-order valence-corrected chi connectivity index (χ3v) is 4.60. The summed E-state index contributed by atoms with van der Waals surface area (Å²) in [7, 11) is 2.07. The van der Waals surface area contributed by atoms with Crippen LogP contribution in [-0.4, -0.2) is 39.0 Å². The summed E-state index contributed by atoms with van der Waals surface area (Å²) < 4.78 is 1.96. The second-order valence-electron chi connectivity index (χ2n) is 5.50. The first-order chi connectivity index (χ1) is 9.04. The highest BCUT2D eigenvalue weighted by atomic mass is 35.5. The zero-order valence-electron chi connectivity index (χ0n) is 12.1. The number of likely N-dealkylation sites (N-methyl/N-ethyl adjacent to an activating group) is 1. The Morgan fingerprint density at radius 2 is 2.11 bits per heavy atom. The van der Waals surface area contributed by atoms with Crippen molar-refractivity contribution >= 4 is 11.6 Å². The maximum absolute atomic E-state index is 10.1. The van der Waals surface area contributed by atoms with Gasteiger partial charge in [-0.05, 0) is 33.7 Å². The standard InChI is InChI=1S/C14H24ClN3O/c1-4-18-12(14(15)10(2)16-18)9-17(3)11-7-5-6-8-13(11)19/h11,13,19H,4-9H2,1-3H3. The summed E-state index contributed by atoms with van der Waals surface area (Å²) >= 11 is 6.34.